The molecule has 1 saturated heterocycles. The number of carbonyl (C=O) groups is 1. The molecule has 3 aromatic rings. The number of amides is 1. The van der Waals surface area contributed by atoms with Gasteiger partial charge in [0.1, 0.15) is 11.6 Å². The van der Waals surface area contributed by atoms with Gasteiger partial charge in [-0.3, -0.25) is 14.6 Å². The number of H-pyrrole nitrogens is 1. The van der Waals surface area contributed by atoms with Gasteiger partial charge in [0, 0.05) is 50.4 Å². The van der Waals surface area contributed by atoms with Gasteiger partial charge < -0.3 is 9.64 Å². The molecule has 0 radical (unpaired) electrons. The standard InChI is InChI=1S/C20H22FN5O2/c1-25-12-15(11-22-25)20(27)26-7-5-14(13-26)19-10-17(23-24-19)6-8-28-18-4-2-3-16(21)9-18/h2-4,9-12,14H,5-8,13H2,1H3,(H,23,24)/t14-/m1/s1. The fourth-order valence-corrected chi connectivity index (χ4v) is 3.45. The minimum absolute atomic E-state index is 0.00912. The lowest BCUT2D eigenvalue weighted by Gasteiger charge is -2.14. The smallest absolute Gasteiger partial charge is 0.257 e. The third kappa shape index (κ3) is 4.05. The Morgan fingerprint density at radius 3 is 3.07 bits per heavy atom. The van der Waals surface area contributed by atoms with Crippen molar-refractivity contribution in [1.29, 1.82) is 0 Å². The molecular weight excluding hydrogens is 361 g/mol. The normalized spacial score (nSPS) is 16.5. The van der Waals surface area contributed by atoms with Gasteiger partial charge in [0.05, 0.1) is 24.1 Å². The molecule has 0 saturated carbocycles. The van der Waals surface area contributed by atoms with Crippen molar-refractivity contribution in [3.8, 4) is 5.75 Å². The van der Waals surface area contributed by atoms with Crippen molar-refractivity contribution in [3.05, 3.63) is 65.5 Å². The molecule has 0 bridgehead atoms. The highest BCUT2D eigenvalue weighted by molar-refractivity contribution is 5.94. The summed E-state index contributed by atoms with van der Waals surface area (Å²) in [7, 11) is 1.80. The number of carbonyl (C=O) groups excluding carboxylic acids is 1. The quantitative estimate of drug-likeness (QED) is 0.710. The number of benzene rings is 1. The molecule has 0 unspecified atom stereocenters. The van der Waals surface area contributed by atoms with Gasteiger partial charge in [-0.2, -0.15) is 10.2 Å². The Balaban J connectivity index is 1.30. The highest BCUT2D eigenvalue weighted by atomic mass is 19.1. The van der Waals surface area contributed by atoms with Gasteiger partial charge in [-0.05, 0) is 24.6 Å². The van der Waals surface area contributed by atoms with E-state index >= 15 is 0 Å². The summed E-state index contributed by atoms with van der Waals surface area (Å²) < 4.78 is 20.4. The number of halogens is 1. The minimum atomic E-state index is -0.312. The first-order valence-corrected chi connectivity index (χ1v) is 9.29. The molecule has 28 heavy (non-hydrogen) atoms. The molecule has 3 heterocycles. The Labute approximate surface area is 162 Å². The predicted octanol–water partition coefficient (Wildman–Crippen LogP) is 2.53. The van der Waals surface area contributed by atoms with Gasteiger partial charge in [0.2, 0.25) is 0 Å². The molecule has 2 aromatic heterocycles. The molecule has 7 nitrogen and oxygen atoms in total. The second kappa shape index (κ2) is 7.84. The molecule has 1 fully saturated rings. The van der Waals surface area contributed by atoms with Gasteiger partial charge in [-0.15, -0.1) is 0 Å². The first-order valence-electron chi connectivity index (χ1n) is 9.29. The fourth-order valence-electron chi connectivity index (χ4n) is 3.45. The summed E-state index contributed by atoms with van der Waals surface area (Å²) in [5.41, 5.74) is 2.53. The lowest BCUT2D eigenvalue weighted by atomic mass is 10.0. The van der Waals surface area contributed by atoms with Crippen molar-refractivity contribution >= 4 is 5.91 Å². The van der Waals surface area contributed by atoms with Crippen molar-refractivity contribution < 1.29 is 13.9 Å². The highest BCUT2D eigenvalue weighted by Crippen LogP contribution is 2.27. The van der Waals surface area contributed by atoms with E-state index in [1.807, 2.05) is 11.0 Å². The first kappa shape index (κ1) is 18.2. The van der Waals surface area contributed by atoms with Gasteiger partial charge in [0.25, 0.3) is 5.91 Å². The molecule has 0 aliphatic carbocycles. The SMILES string of the molecule is Cn1cc(C(=O)N2CC[C@@H](c3cc(CCOc4cccc(F)c4)[nH]n3)C2)cn1. The van der Waals surface area contributed by atoms with Crippen LogP contribution in [0.25, 0.3) is 0 Å². The Hall–Kier alpha value is -3.16. The highest BCUT2D eigenvalue weighted by Gasteiger charge is 2.29. The van der Waals surface area contributed by atoms with E-state index in [2.05, 4.69) is 15.3 Å². The van der Waals surface area contributed by atoms with Crippen LogP contribution in [0.3, 0.4) is 0 Å². The number of nitrogens with zero attached hydrogens (tertiary/aromatic N) is 4. The Morgan fingerprint density at radius 2 is 2.29 bits per heavy atom. The summed E-state index contributed by atoms with van der Waals surface area (Å²) in [5.74, 6) is 0.428. The fraction of sp³-hybridized carbons (Fsp3) is 0.350. The van der Waals surface area contributed by atoms with Crippen molar-refractivity contribution in [3.63, 3.8) is 0 Å². The number of aromatic nitrogens is 4. The van der Waals surface area contributed by atoms with Crippen LogP contribution in [0.2, 0.25) is 0 Å². The second-order valence-electron chi connectivity index (χ2n) is 7.01. The third-order valence-corrected chi connectivity index (χ3v) is 4.93. The molecule has 1 N–H and O–H groups in total. The predicted molar refractivity (Wildman–Crippen MR) is 101 cm³/mol. The Bertz CT molecular complexity index is 967. The first-order chi connectivity index (χ1) is 13.6. The summed E-state index contributed by atoms with van der Waals surface area (Å²) in [5, 5.41) is 11.5. The molecule has 1 aliphatic heterocycles. The molecular formula is C20H22FN5O2. The number of aromatic amines is 1. The van der Waals surface area contributed by atoms with Crippen LogP contribution in [0.5, 0.6) is 5.75 Å². The topological polar surface area (TPSA) is 76.0 Å². The van der Waals surface area contributed by atoms with Crippen LogP contribution in [-0.4, -0.2) is 50.5 Å². The van der Waals surface area contributed by atoms with Crippen LogP contribution in [0.15, 0.2) is 42.7 Å². The summed E-state index contributed by atoms with van der Waals surface area (Å²) in [6.45, 7) is 1.79. The van der Waals surface area contributed by atoms with Gasteiger partial charge in [-0.25, -0.2) is 4.39 Å². The largest absolute Gasteiger partial charge is 0.493 e. The number of hydrogen-bond donors (Lipinski definition) is 1. The van der Waals surface area contributed by atoms with Crippen molar-refractivity contribution in [2.45, 2.75) is 18.8 Å². The van der Waals surface area contributed by atoms with E-state index in [1.54, 1.807) is 36.3 Å². The van der Waals surface area contributed by atoms with E-state index < -0.39 is 0 Å². The summed E-state index contributed by atoms with van der Waals surface area (Å²) in [6, 6.07) is 8.13. The maximum absolute atomic E-state index is 13.2. The Morgan fingerprint density at radius 1 is 1.39 bits per heavy atom. The number of hydrogen-bond acceptors (Lipinski definition) is 4. The van der Waals surface area contributed by atoms with Crippen molar-refractivity contribution in [2.75, 3.05) is 19.7 Å². The molecule has 8 heteroatoms. The van der Waals surface area contributed by atoms with Crippen LogP contribution in [0.1, 0.15) is 34.1 Å². The number of likely N-dealkylation sites (tertiary alicyclic amines) is 1. The van der Waals surface area contributed by atoms with Gasteiger partial charge in [-0.1, -0.05) is 6.07 Å². The lowest BCUT2D eigenvalue weighted by molar-refractivity contribution is 0.0790. The van der Waals surface area contributed by atoms with E-state index in [0.717, 1.165) is 17.8 Å². The van der Waals surface area contributed by atoms with E-state index in [1.165, 1.54) is 12.1 Å². The zero-order valence-corrected chi connectivity index (χ0v) is 15.6. The zero-order chi connectivity index (χ0) is 19.5. The van der Waals surface area contributed by atoms with E-state index in [0.29, 0.717) is 37.4 Å². The van der Waals surface area contributed by atoms with Crippen LogP contribution < -0.4 is 4.74 Å². The number of aryl methyl sites for hydroxylation is 1. The average molecular weight is 383 g/mol. The van der Waals surface area contributed by atoms with Crippen molar-refractivity contribution in [1.82, 2.24) is 24.9 Å². The third-order valence-electron chi connectivity index (χ3n) is 4.93. The van der Waals surface area contributed by atoms with Crippen molar-refractivity contribution in [2.24, 2.45) is 7.05 Å². The van der Waals surface area contributed by atoms with Crippen LogP contribution in [0.4, 0.5) is 4.39 Å². The van der Waals surface area contributed by atoms with E-state index in [4.69, 9.17) is 4.74 Å². The minimum Gasteiger partial charge on any atom is -0.493 e. The Kier molecular flexibility index (Phi) is 5.10. The number of ether oxygens (including phenoxy) is 1. The van der Waals surface area contributed by atoms with Crippen LogP contribution >= 0.6 is 0 Å². The monoisotopic (exact) mass is 383 g/mol. The van der Waals surface area contributed by atoms with Crippen LogP contribution in [0, 0.1) is 5.82 Å². The van der Waals surface area contributed by atoms with E-state index in [9.17, 15) is 9.18 Å². The van der Waals surface area contributed by atoms with Gasteiger partial charge in [0.15, 0.2) is 0 Å². The zero-order valence-electron chi connectivity index (χ0n) is 15.6. The molecule has 1 atom stereocenters. The summed E-state index contributed by atoms with van der Waals surface area (Å²) in [4.78, 5) is 14.4. The molecule has 1 aliphatic rings. The molecule has 146 valence electrons. The molecule has 1 amide bonds. The summed E-state index contributed by atoms with van der Waals surface area (Å²) in [6.07, 6.45) is 4.87. The molecule has 0 spiro atoms. The number of rotatable bonds is 6. The maximum Gasteiger partial charge on any atom is 0.257 e. The lowest BCUT2D eigenvalue weighted by Crippen LogP contribution is -2.28. The van der Waals surface area contributed by atoms with Crippen LogP contribution in [-0.2, 0) is 13.5 Å². The average Bonchev–Trinajstić information content (AvgIpc) is 3.41. The van der Waals surface area contributed by atoms with E-state index in [-0.39, 0.29) is 17.6 Å². The van der Waals surface area contributed by atoms with Gasteiger partial charge >= 0.3 is 0 Å². The molecule has 1 aromatic carbocycles. The maximum atomic E-state index is 13.2. The summed E-state index contributed by atoms with van der Waals surface area (Å²) >= 11 is 0. The second-order valence-corrected chi connectivity index (χ2v) is 7.01. The number of nitrogens with one attached hydrogen (secondary N) is 1. The molecule has 4 rings (SSSR count).